The fourth-order valence-corrected chi connectivity index (χ4v) is 3.77. The van der Waals surface area contributed by atoms with Crippen molar-refractivity contribution in [3.63, 3.8) is 0 Å². The molecule has 0 spiro atoms. The first-order valence-electron chi connectivity index (χ1n) is 11.4. The highest BCUT2D eigenvalue weighted by atomic mass is 15.4. The average molecular weight is 462 g/mol. The van der Waals surface area contributed by atoms with Crippen LogP contribution in [-0.2, 0) is 0 Å². The summed E-state index contributed by atoms with van der Waals surface area (Å²) < 4.78 is 1.76. The molecule has 35 heavy (non-hydrogen) atoms. The van der Waals surface area contributed by atoms with Gasteiger partial charge in [-0.05, 0) is 53.6 Å². The molecule has 0 saturated heterocycles. The predicted molar refractivity (Wildman–Crippen MR) is 146 cm³/mol. The number of hydrogen-bond donors (Lipinski definition) is 0. The molecule has 0 atom stereocenters. The molecule has 0 unspecified atom stereocenters. The topological polar surface area (TPSA) is 61.9 Å². The van der Waals surface area contributed by atoms with Crippen LogP contribution in [0.5, 0.6) is 0 Å². The minimum atomic E-state index is 0.393. The summed E-state index contributed by atoms with van der Waals surface area (Å²) in [5, 5.41) is 5.59. The van der Waals surface area contributed by atoms with Crippen molar-refractivity contribution in [3.05, 3.63) is 89.7 Å². The molecule has 5 aromatic rings. The van der Waals surface area contributed by atoms with Gasteiger partial charge in [0.2, 0.25) is 0 Å². The Balaban J connectivity index is 1.51. The van der Waals surface area contributed by atoms with Gasteiger partial charge in [-0.25, -0.2) is 9.98 Å². The van der Waals surface area contributed by atoms with Crippen molar-refractivity contribution < 1.29 is 0 Å². The van der Waals surface area contributed by atoms with Crippen molar-refractivity contribution in [1.82, 2.24) is 19.6 Å². The Morgan fingerprint density at radius 2 is 1.34 bits per heavy atom. The van der Waals surface area contributed by atoms with Crippen LogP contribution in [0.3, 0.4) is 0 Å². The van der Waals surface area contributed by atoms with E-state index in [0.717, 1.165) is 39.1 Å². The van der Waals surface area contributed by atoms with Crippen molar-refractivity contribution >= 4 is 52.2 Å². The quantitative estimate of drug-likeness (QED) is 0.320. The van der Waals surface area contributed by atoms with Gasteiger partial charge in [-0.1, -0.05) is 42.5 Å². The van der Waals surface area contributed by atoms with Gasteiger partial charge in [0.25, 0.3) is 5.95 Å². The van der Waals surface area contributed by atoms with E-state index in [4.69, 9.17) is 9.97 Å². The van der Waals surface area contributed by atoms with Gasteiger partial charge in [0.05, 0.1) is 5.52 Å². The second-order valence-corrected chi connectivity index (χ2v) is 8.70. The molecule has 0 fully saturated rings. The van der Waals surface area contributed by atoms with Crippen LogP contribution in [-0.4, -0.2) is 54.0 Å². The summed E-state index contributed by atoms with van der Waals surface area (Å²) in [5.41, 5.74) is 5.96. The van der Waals surface area contributed by atoms with Crippen LogP contribution in [0.15, 0.2) is 77.8 Å². The Hall–Kier alpha value is -4.52. The molecule has 3 aromatic carbocycles. The number of fused-ring (bicyclic) bond motifs is 3. The summed E-state index contributed by atoms with van der Waals surface area (Å²) in [7, 11) is 8.11. The van der Waals surface area contributed by atoms with Crippen LogP contribution < -0.4 is 9.80 Å². The number of aliphatic imine (C=N–C) groups is 1. The fraction of sp³-hybridized carbons (Fsp3) is 0.143. The summed E-state index contributed by atoms with van der Waals surface area (Å²) in [6, 6.07) is 24.5. The van der Waals surface area contributed by atoms with Crippen molar-refractivity contribution in [2.75, 3.05) is 38.0 Å². The maximum absolute atomic E-state index is 4.83. The Labute approximate surface area is 204 Å². The zero-order valence-corrected chi connectivity index (χ0v) is 20.3. The van der Waals surface area contributed by atoms with E-state index in [9.17, 15) is 0 Å². The first-order chi connectivity index (χ1) is 17.0. The van der Waals surface area contributed by atoms with E-state index in [2.05, 4.69) is 56.3 Å². The van der Waals surface area contributed by atoms with Gasteiger partial charge in [0, 0.05) is 51.2 Å². The van der Waals surface area contributed by atoms with Crippen LogP contribution in [0, 0.1) is 0 Å². The number of rotatable bonds is 6. The van der Waals surface area contributed by atoms with Crippen molar-refractivity contribution in [3.8, 4) is 0 Å². The van der Waals surface area contributed by atoms with Crippen LogP contribution in [0.1, 0.15) is 17.0 Å². The largest absolute Gasteiger partial charge is 0.378 e. The molecule has 174 valence electrons. The van der Waals surface area contributed by atoms with Gasteiger partial charge in [0.1, 0.15) is 0 Å². The van der Waals surface area contributed by atoms with Gasteiger partial charge in [-0.15, -0.1) is 5.10 Å². The molecule has 0 amide bonds. The van der Waals surface area contributed by atoms with E-state index in [1.54, 1.807) is 10.7 Å². The fourth-order valence-electron chi connectivity index (χ4n) is 3.77. The summed E-state index contributed by atoms with van der Waals surface area (Å²) in [5.74, 6) is 1.09. The number of benzene rings is 3. The molecule has 0 aliphatic heterocycles. The molecule has 2 aromatic heterocycles. The lowest BCUT2D eigenvalue weighted by Gasteiger charge is -2.11. The van der Waals surface area contributed by atoms with E-state index in [-0.39, 0.29) is 0 Å². The van der Waals surface area contributed by atoms with Gasteiger partial charge >= 0.3 is 0 Å². The first-order valence-corrected chi connectivity index (χ1v) is 11.4. The molecule has 0 saturated carbocycles. The lowest BCUT2D eigenvalue weighted by Crippen LogP contribution is -2.08. The summed E-state index contributed by atoms with van der Waals surface area (Å²) in [6.45, 7) is 0. The average Bonchev–Trinajstić information content (AvgIpc) is 3.31. The molecule has 5 rings (SSSR count). The Bertz CT molecular complexity index is 1530. The third kappa shape index (κ3) is 4.75. The van der Waals surface area contributed by atoms with E-state index in [1.165, 1.54) is 0 Å². The number of aromatic nitrogens is 4. The monoisotopic (exact) mass is 461 g/mol. The first kappa shape index (κ1) is 22.3. The lowest BCUT2D eigenvalue weighted by molar-refractivity contribution is 0.918. The van der Waals surface area contributed by atoms with E-state index in [0.29, 0.717) is 11.8 Å². The molecule has 0 aliphatic rings. The van der Waals surface area contributed by atoms with E-state index in [1.807, 2.05) is 76.7 Å². The Morgan fingerprint density at radius 1 is 0.714 bits per heavy atom. The van der Waals surface area contributed by atoms with Gasteiger partial charge in [-0.2, -0.15) is 9.50 Å². The molecule has 2 heterocycles. The van der Waals surface area contributed by atoms with Crippen molar-refractivity contribution in [2.24, 2.45) is 4.99 Å². The zero-order valence-electron chi connectivity index (χ0n) is 20.3. The number of nitrogens with zero attached hydrogens (tertiary/aromatic N) is 7. The maximum Gasteiger partial charge on any atom is 0.269 e. The van der Waals surface area contributed by atoms with Crippen molar-refractivity contribution in [2.45, 2.75) is 0 Å². The van der Waals surface area contributed by atoms with Crippen LogP contribution >= 0.6 is 0 Å². The van der Waals surface area contributed by atoms with Crippen LogP contribution in [0.4, 0.5) is 17.3 Å². The molecular formula is C28H27N7. The minimum Gasteiger partial charge on any atom is -0.378 e. The third-order valence-corrected chi connectivity index (χ3v) is 5.77. The molecular weight excluding hydrogens is 434 g/mol. The zero-order chi connectivity index (χ0) is 24.4. The molecule has 0 radical (unpaired) electrons. The molecule has 0 aliphatic carbocycles. The molecule has 7 nitrogen and oxygen atoms in total. The SMILES string of the molecule is CN(C)c1ccc(C=Nc2nc3c4ccccc4nc(/C=C/c4ccc(N(C)C)cc4)n3n2)cc1. The smallest absolute Gasteiger partial charge is 0.269 e. The van der Waals surface area contributed by atoms with Crippen LogP contribution in [0.25, 0.3) is 28.7 Å². The maximum atomic E-state index is 4.83. The molecule has 7 heteroatoms. The minimum absolute atomic E-state index is 0.393. The highest BCUT2D eigenvalue weighted by molar-refractivity contribution is 5.92. The lowest BCUT2D eigenvalue weighted by atomic mass is 10.2. The molecule has 0 N–H and O–H groups in total. The third-order valence-electron chi connectivity index (χ3n) is 5.77. The summed E-state index contributed by atoms with van der Waals surface area (Å²) in [4.78, 5) is 18.2. The second-order valence-electron chi connectivity index (χ2n) is 8.70. The van der Waals surface area contributed by atoms with Crippen LogP contribution in [0.2, 0.25) is 0 Å². The van der Waals surface area contributed by atoms with Gasteiger partial charge < -0.3 is 9.80 Å². The molecule has 0 bridgehead atoms. The second kappa shape index (κ2) is 9.38. The normalized spacial score (nSPS) is 11.8. The Morgan fingerprint density at radius 3 is 2.00 bits per heavy atom. The van der Waals surface area contributed by atoms with Gasteiger partial charge in [0.15, 0.2) is 11.5 Å². The van der Waals surface area contributed by atoms with E-state index < -0.39 is 0 Å². The van der Waals surface area contributed by atoms with Crippen molar-refractivity contribution in [1.29, 1.82) is 0 Å². The Kier molecular flexibility index (Phi) is 5.97. The number of anilines is 2. The highest BCUT2D eigenvalue weighted by Gasteiger charge is 2.11. The summed E-state index contributed by atoms with van der Waals surface area (Å²) in [6.07, 6.45) is 5.78. The van der Waals surface area contributed by atoms with Gasteiger partial charge in [-0.3, -0.25) is 0 Å². The predicted octanol–water partition coefficient (Wildman–Crippen LogP) is 5.33. The highest BCUT2D eigenvalue weighted by Crippen LogP contribution is 2.22. The summed E-state index contributed by atoms with van der Waals surface area (Å²) >= 11 is 0. The number of para-hydroxylation sites is 1. The number of hydrogen-bond acceptors (Lipinski definition) is 6. The standard InChI is InChI=1S/C28H27N7/c1-33(2)22-14-9-20(10-15-22)13-18-26-30-25-8-6-5-7-24(25)27-31-28(32-35(26)27)29-19-21-11-16-23(17-12-21)34(3)4/h5-19H,1-4H3/b18-13+,29-19?. The van der Waals surface area contributed by atoms with E-state index >= 15 is 0 Å².